The predicted molar refractivity (Wildman–Crippen MR) is 76.8 cm³/mol. The first-order chi connectivity index (χ1) is 7.89. The van der Waals surface area contributed by atoms with Gasteiger partial charge in [0.15, 0.2) is 6.73 Å². The van der Waals surface area contributed by atoms with Crippen LogP contribution < -0.4 is 0 Å². The number of methoxy groups -OCH3 is 1. The Morgan fingerprint density at radius 2 is 1.76 bits per heavy atom. The minimum Gasteiger partial charge on any atom is -0.363 e. The Morgan fingerprint density at radius 3 is 2.24 bits per heavy atom. The molecule has 2 nitrogen and oxygen atoms in total. The highest BCUT2D eigenvalue weighted by molar-refractivity contribution is 5.97. The third-order valence-corrected chi connectivity index (χ3v) is 5.82. The van der Waals surface area contributed by atoms with Gasteiger partial charge in [-0.1, -0.05) is 30.3 Å². The zero-order valence-corrected chi connectivity index (χ0v) is 13.9. The van der Waals surface area contributed by atoms with E-state index < -0.39 is 0 Å². The second-order valence-corrected chi connectivity index (χ2v) is 7.66. The molecule has 1 aromatic carbocycles. The average molecular weight is 252 g/mol. The number of hydrogen-bond donors (Lipinski definition) is 0. The van der Waals surface area contributed by atoms with E-state index in [0.29, 0.717) is 0 Å². The molecule has 1 aromatic rings. The van der Waals surface area contributed by atoms with Crippen LogP contribution in [0.25, 0.3) is 0 Å². The predicted octanol–water partition coefficient (Wildman–Crippen LogP) is 1.73. The van der Waals surface area contributed by atoms with Crippen LogP contribution in [0.4, 0.5) is 0 Å². The normalized spacial score (nSPS) is 15.8. The van der Waals surface area contributed by atoms with Gasteiger partial charge in [-0.15, -0.1) is 0 Å². The SMILES string of the molecule is COC[N+]([SiH3])(CCc1ccccc1)C(C)(C)C. The number of quaternary nitrogens is 1. The van der Waals surface area contributed by atoms with Crippen LogP contribution in [-0.4, -0.2) is 40.5 Å². The molecule has 0 N–H and O–H groups in total. The van der Waals surface area contributed by atoms with E-state index in [2.05, 4.69) is 51.1 Å². The summed E-state index contributed by atoms with van der Waals surface area (Å²) in [5.74, 6) is 0. The van der Waals surface area contributed by atoms with Gasteiger partial charge in [-0.05, 0) is 26.3 Å². The number of nitrogens with zero attached hydrogens (tertiary/aromatic N) is 1. The maximum Gasteiger partial charge on any atom is 0.241 e. The summed E-state index contributed by atoms with van der Waals surface area (Å²) in [6.45, 7) is 8.91. The highest BCUT2D eigenvalue weighted by Gasteiger charge is 2.33. The maximum absolute atomic E-state index is 5.43. The molecule has 3 heteroatoms. The molecule has 0 aliphatic heterocycles. The first-order valence-electron chi connectivity index (χ1n) is 6.26. The third kappa shape index (κ3) is 3.94. The van der Waals surface area contributed by atoms with Gasteiger partial charge >= 0.3 is 0 Å². The zero-order valence-electron chi connectivity index (χ0n) is 11.9. The lowest BCUT2D eigenvalue weighted by atomic mass is 10.0. The van der Waals surface area contributed by atoms with E-state index in [1.807, 2.05) is 0 Å². The number of rotatable bonds is 5. The maximum atomic E-state index is 5.43. The van der Waals surface area contributed by atoms with Crippen LogP contribution in [0.1, 0.15) is 26.3 Å². The van der Waals surface area contributed by atoms with E-state index in [-0.39, 0.29) is 5.54 Å². The van der Waals surface area contributed by atoms with Crippen molar-refractivity contribution >= 4 is 10.4 Å². The Labute approximate surface area is 109 Å². The summed E-state index contributed by atoms with van der Waals surface area (Å²) >= 11 is 0. The fraction of sp³-hybridized carbons (Fsp3) is 0.571. The van der Waals surface area contributed by atoms with Gasteiger partial charge in [-0.2, -0.15) is 0 Å². The van der Waals surface area contributed by atoms with Crippen molar-refractivity contribution in [3.63, 3.8) is 0 Å². The van der Waals surface area contributed by atoms with Gasteiger partial charge < -0.3 is 8.89 Å². The zero-order chi connectivity index (χ0) is 12.9. The molecular formula is C14H26NOSi+. The molecule has 0 saturated carbocycles. The van der Waals surface area contributed by atoms with Crippen LogP contribution in [0, 0.1) is 0 Å². The van der Waals surface area contributed by atoms with Crippen molar-refractivity contribution < 1.29 is 8.89 Å². The molecule has 0 radical (unpaired) electrons. The standard InChI is InChI=1S/C14H26NOSi/c1-14(2,3)15(17,12-16-4)11-10-13-8-6-5-7-9-13/h5-9H,10-12H2,1-4,17H3/q+1. The molecule has 1 rings (SSSR count). The quantitative estimate of drug-likeness (QED) is 0.573. The highest BCUT2D eigenvalue weighted by Crippen LogP contribution is 2.22. The molecule has 0 bridgehead atoms. The Balaban J connectivity index is 2.69. The van der Waals surface area contributed by atoms with E-state index in [1.165, 1.54) is 5.56 Å². The lowest BCUT2D eigenvalue weighted by Crippen LogP contribution is -2.60. The summed E-state index contributed by atoms with van der Waals surface area (Å²) < 4.78 is 6.50. The van der Waals surface area contributed by atoms with Gasteiger partial charge in [0.05, 0.1) is 12.1 Å². The van der Waals surface area contributed by atoms with Crippen molar-refractivity contribution in [2.75, 3.05) is 20.4 Å². The number of ether oxygens (including phenoxy) is 1. The topological polar surface area (TPSA) is 9.23 Å². The molecule has 0 heterocycles. The van der Waals surface area contributed by atoms with Crippen LogP contribution in [0.3, 0.4) is 0 Å². The van der Waals surface area contributed by atoms with Gasteiger partial charge in [-0.25, -0.2) is 0 Å². The van der Waals surface area contributed by atoms with Crippen LogP contribution in [-0.2, 0) is 11.2 Å². The van der Waals surface area contributed by atoms with Crippen molar-refractivity contribution in [2.45, 2.75) is 32.7 Å². The molecule has 1 atom stereocenters. The van der Waals surface area contributed by atoms with Crippen molar-refractivity contribution in [3.05, 3.63) is 35.9 Å². The van der Waals surface area contributed by atoms with E-state index in [9.17, 15) is 0 Å². The summed E-state index contributed by atoms with van der Waals surface area (Å²) in [5.41, 5.74) is 1.68. The highest BCUT2D eigenvalue weighted by atomic mass is 28.2. The van der Waals surface area contributed by atoms with Gasteiger partial charge in [0.1, 0.15) is 0 Å². The van der Waals surface area contributed by atoms with E-state index in [1.54, 1.807) is 7.11 Å². The van der Waals surface area contributed by atoms with Gasteiger partial charge in [-0.3, -0.25) is 0 Å². The smallest absolute Gasteiger partial charge is 0.241 e. The minimum absolute atomic E-state index is 0.261. The number of hydrogen-bond acceptors (Lipinski definition) is 1. The Bertz CT molecular complexity index is 334. The van der Waals surface area contributed by atoms with Gasteiger partial charge in [0, 0.05) is 13.5 Å². The Hall–Kier alpha value is -0.643. The average Bonchev–Trinajstić information content (AvgIpc) is 2.27. The monoisotopic (exact) mass is 252 g/mol. The molecular weight excluding hydrogens is 226 g/mol. The molecule has 0 aliphatic carbocycles. The Morgan fingerprint density at radius 1 is 1.18 bits per heavy atom. The van der Waals surface area contributed by atoms with Crippen LogP contribution >= 0.6 is 0 Å². The lowest BCUT2D eigenvalue weighted by Gasteiger charge is -2.47. The van der Waals surface area contributed by atoms with Crippen molar-refractivity contribution in [1.29, 1.82) is 0 Å². The summed E-state index contributed by atoms with van der Waals surface area (Å²) in [5, 5.41) is 0. The number of benzene rings is 1. The molecule has 0 aliphatic rings. The first-order valence-corrected chi connectivity index (χ1v) is 7.16. The minimum atomic E-state index is 0.261. The molecule has 0 saturated heterocycles. The lowest BCUT2D eigenvalue weighted by molar-refractivity contribution is -0.885. The Kier molecular flexibility index (Phi) is 4.92. The van der Waals surface area contributed by atoms with Crippen LogP contribution in [0.15, 0.2) is 30.3 Å². The summed E-state index contributed by atoms with van der Waals surface area (Å²) in [6.07, 6.45) is 1.13. The van der Waals surface area contributed by atoms with Gasteiger partial charge in [0.2, 0.25) is 10.4 Å². The fourth-order valence-corrected chi connectivity index (χ4v) is 2.38. The van der Waals surface area contributed by atoms with E-state index in [0.717, 1.165) is 34.2 Å². The first kappa shape index (κ1) is 14.4. The molecule has 0 aromatic heterocycles. The molecule has 1 unspecified atom stereocenters. The summed E-state index contributed by atoms with van der Waals surface area (Å²) in [7, 11) is 2.92. The summed E-state index contributed by atoms with van der Waals surface area (Å²) in [4.78, 5) is 0. The van der Waals surface area contributed by atoms with Crippen molar-refractivity contribution in [3.8, 4) is 0 Å². The summed E-state index contributed by atoms with van der Waals surface area (Å²) in [6, 6.07) is 10.7. The molecule has 0 fully saturated rings. The van der Waals surface area contributed by atoms with E-state index >= 15 is 0 Å². The second-order valence-electron chi connectivity index (χ2n) is 5.94. The largest absolute Gasteiger partial charge is 0.363 e. The molecule has 0 spiro atoms. The second kappa shape index (κ2) is 5.80. The molecule has 0 amide bonds. The van der Waals surface area contributed by atoms with Gasteiger partial charge in [0.25, 0.3) is 0 Å². The van der Waals surface area contributed by atoms with E-state index in [4.69, 9.17) is 4.74 Å². The van der Waals surface area contributed by atoms with Crippen molar-refractivity contribution in [1.82, 2.24) is 0 Å². The molecule has 96 valence electrons. The third-order valence-electron chi connectivity index (χ3n) is 3.77. The molecule has 17 heavy (non-hydrogen) atoms. The van der Waals surface area contributed by atoms with Crippen LogP contribution in [0.2, 0.25) is 0 Å². The van der Waals surface area contributed by atoms with Crippen molar-refractivity contribution in [2.24, 2.45) is 0 Å². The fourth-order valence-electron chi connectivity index (χ4n) is 1.90. The van der Waals surface area contributed by atoms with Crippen LogP contribution in [0.5, 0.6) is 0 Å².